The Labute approximate surface area is 177 Å². The van der Waals surface area contributed by atoms with E-state index in [1.807, 2.05) is 24.3 Å². The molecule has 7 nitrogen and oxygen atoms in total. The first-order valence-electron chi connectivity index (χ1n) is 9.36. The number of pyridine rings is 1. The van der Waals surface area contributed by atoms with Crippen LogP contribution >= 0.6 is 11.6 Å². The summed E-state index contributed by atoms with van der Waals surface area (Å²) < 4.78 is 1.45. The maximum Gasteiger partial charge on any atom is 0.254 e. The number of anilines is 1. The summed E-state index contributed by atoms with van der Waals surface area (Å²) >= 11 is 6.18. The van der Waals surface area contributed by atoms with Gasteiger partial charge in [-0.3, -0.25) is 9.59 Å². The zero-order valence-corrected chi connectivity index (χ0v) is 16.9. The maximum atomic E-state index is 12.3. The van der Waals surface area contributed by atoms with Crippen LogP contribution in [0.4, 0.5) is 5.69 Å². The SMILES string of the molecule is Cc1cc(O)cc(=O)n1CCC(=O)Nc1ccc(-c2nc3c(Cl)cccc3[nH]2)cc1. The highest BCUT2D eigenvalue weighted by molar-refractivity contribution is 6.35. The van der Waals surface area contributed by atoms with Crippen LogP contribution in [0.25, 0.3) is 22.4 Å². The largest absolute Gasteiger partial charge is 0.508 e. The number of aromatic amines is 1. The molecule has 0 radical (unpaired) electrons. The van der Waals surface area contributed by atoms with Gasteiger partial charge < -0.3 is 20.0 Å². The Balaban J connectivity index is 1.42. The lowest BCUT2D eigenvalue weighted by Crippen LogP contribution is -2.24. The van der Waals surface area contributed by atoms with Crippen LogP contribution in [0.5, 0.6) is 5.75 Å². The highest BCUT2D eigenvalue weighted by Crippen LogP contribution is 2.26. The van der Waals surface area contributed by atoms with E-state index in [4.69, 9.17) is 11.6 Å². The number of amides is 1. The fraction of sp³-hybridized carbons (Fsp3) is 0.136. The van der Waals surface area contributed by atoms with E-state index in [1.54, 1.807) is 25.1 Å². The predicted molar refractivity (Wildman–Crippen MR) is 117 cm³/mol. The normalized spacial score (nSPS) is 11.0. The number of hydrogen-bond acceptors (Lipinski definition) is 4. The lowest BCUT2D eigenvalue weighted by molar-refractivity contribution is -0.116. The summed E-state index contributed by atoms with van der Waals surface area (Å²) in [5.74, 6) is 0.404. The van der Waals surface area contributed by atoms with Crippen molar-refractivity contribution >= 4 is 34.2 Å². The summed E-state index contributed by atoms with van der Waals surface area (Å²) in [6, 6.07) is 15.5. The molecular formula is C22H19ClN4O3. The van der Waals surface area contributed by atoms with E-state index >= 15 is 0 Å². The summed E-state index contributed by atoms with van der Waals surface area (Å²) in [5.41, 5.74) is 3.35. The van der Waals surface area contributed by atoms with Crippen LogP contribution in [0.2, 0.25) is 5.02 Å². The third kappa shape index (κ3) is 4.06. The molecule has 0 saturated heterocycles. The molecule has 0 saturated carbocycles. The van der Waals surface area contributed by atoms with Crippen molar-refractivity contribution in [2.45, 2.75) is 19.9 Å². The second kappa shape index (κ2) is 8.04. The van der Waals surface area contributed by atoms with Gasteiger partial charge in [0.05, 0.1) is 10.5 Å². The number of carbonyl (C=O) groups is 1. The zero-order valence-electron chi connectivity index (χ0n) is 16.1. The fourth-order valence-electron chi connectivity index (χ4n) is 3.28. The molecular weight excluding hydrogens is 404 g/mol. The molecule has 0 aliphatic heterocycles. The molecule has 2 heterocycles. The van der Waals surface area contributed by atoms with Crippen molar-refractivity contribution in [1.29, 1.82) is 0 Å². The summed E-state index contributed by atoms with van der Waals surface area (Å²) in [4.78, 5) is 32.0. The molecule has 1 amide bonds. The van der Waals surface area contributed by atoms with E-state index < -0.39 is 0 Å². The number of aromatic hydroxyl groups is 1. The van der Waals surface area contributed by atoms with Crippen LogP contribution in [-0.2, 0) is 11.3 Å². The minimum absolute atomic E-state index is 0.0787. The van der Waals surface area contributed by atoms with Gasteiger partial charge in [0, 0.05) is 36.0 Å². The van der Waals surface area contributed by atoms with Crippen molar-refractivity contribution in [3.05, 3.63) is 75.7 Å². The first-order valence-corrected chi connectivity index (χ1v) is 9.73. The van der Waals surface area contributed by atoms with E-state index in [2.05, 4.69) is 15.3 Å². The number of rotatable bonds is 5. The van der Waals surface area contributed by atoms with Crippen LogP contribution < -0.4 is 10.9 Å². The number of hydrogen-bond donors (Lipinski definition) is 3. The smallest absolute Gasteiger partial charge is 0.254 e. The second-order valence-corrected chi connectivity index (χ2v) is 7.35. The van der Waals surface area contributed by atoms with Gasteiger partial charge in [-0.25, -0.2) is 4.98 Å². The second-order valence-electron chi connectivity index (χ2n) is 6.94. The van der Waals surface area contributed by atoms with E-state index in [1.165, 1.54) is 10.6 Å². The summed E-state index contributed by atoms with van der Waals surface area (Å²) in [6.45, 7) is 1.94. The minimum atomic E-state index is -0.337. The Morgan fingerprint density at radius 1 is 1.20 bits per heavy atom. The molecule has 0 spiro atoms. The molecule has 8 heteroatoms. The molecule has 0 aliphatic rings. The van der Waals surface area contributed by atoms with Crippen molar-refractivity contribution in [3.63, 3.8) is 0 Å². The maximum absolute atomic E-state index is 12.3. The van der Waals surface area contributed by atoms with Gasteiger partial charge in [-0.05, 0) is 49.4 Å². The third-order valence-electron chi connectivity index (χ3n) is 4.79. The van der Waals surface area contributed by atoms with E-state index in [-0.39, 0.29) is 30.2 Å². The summed E-state index contributed by atoms with van der Waals surface area (Å²) in [7, 11) is 0. The van der Waals surface area contributed by atoms with Gasteiger partial charge in [0.1, 0.15) is 17.1 Å². The molecule has 4 rings (SSSR count). The highest BCUT2D eigenvalue weighted by Gasteiger charge is 2.10. The number of para-hydroxylation sites is 1. The lowest BCUT2D eigenvalue weighted by Gasteiger charge is -2.10. The minimum Gasteiger partial charge on any atom is -0.508 e. The number of nitrogens with zero attached hydrogens (tertiary/aromatic N) is 2. The number of nitrogens with one attached hydrogen (secondary N) is 2. The van der Waals surface area contributed by atoms with Crippen LogP contribution in [0.3, 0.4) is 0 Å². The van der Waals surface area contributed by atoms with Crippen molar-refractivity contribution in [1.82, 2.24) is 14.5 Å². The molecule has 152 valence electrons. The lowest BCUT2D eigenvalue weighted by atomic mass is 10.2. The fourth-order valence-corrected chi connectivity index (χ4v) is 3.50. The molecule has 4 aromatic rings. The molecule has 0 fully saturated rings. The quantitative estimate of drug-likeness (QED) is 0.451. The van der Waals surface area contributed by atoms with Crippen LogP contribution in [0.1, 0.15) is 12.1 Å². The summed E-state index contributed by atoms with van der Waals surface area (Å²) in [5, 5.41) is 12.9. The number of halogens is 1. The number of aromatic nitrogens is 3. The Morgan fingerprint density at radius 2 is 1.97 bits per heavy atom. The average Bonchev–Trinajstić information content (AvgIpc) is 3.13. The number of fused-ring (bicyclic) bond motifs is 1. The Morgan fingerprint density at radius 3 is 2.67 bits per heavy atom. The third-order valence-corrected chi connectivity index (χ3v) is 5.09. The van der Waals surface area contributed by atoms with E-state index in [9.17, 15) is 14.7 Å². The zero-order chi connectivity index (χ0) is 21.3. The number of H-pyrrole nitrogens is 1. The molecule has 2 aromatic heterocycles. The van der Waals surface area contributed by atoms with Gasteiger partial charge >= 0.3 is 0 Å². The average molecular weight is 423 g/mol. The van der Waals surface area contributed by atoms with Gasteiger partial charge in [0.15, 0.2) is 0 Å². The van der Waals surface area contributed by atoms with Gasteiger partial charge in [-0.1, -0.05) is 17.7 Å². The van der Waals surface area contributed by atoms with Crippen LogP contribution in [0, 0.1) is 6.92 Å². The molecule has 0 bridgehead atoms. The van der Waals surface area contributed by atoms with Crippen molar-refractivity contribution in [2.75, 3.05) is 5.32 Å². The predicted octanol–water partition coefficient (Wildman–Crippen LogP) is 4.09. The Hall–Kier alpha value is -3.58. The summed E-state index contributed by atoms with van der Waals surface area (Å²) in [6.07, 6.45) is 0.134. The highest BCUT2D eigenvalue weighted by atomic mass is 35.5. The number of aryl methyl sites for hydroxylation is 1. The first-order chi connectivity index (χ1) is 14.4. The molecule has 2 aromatic carbocycles. The topological polar surface area (TPSA) is 100 Å². The van der Waals surface area contributed by atoms with Gasteiger partial charge in [0.2, 0.25) is 5.91 Å². The van der Waals surface area contributed by atoms with Crippen LogP contribution in [0.15, 0.2) is 59.4 Å². The van der Waals surface area contributed by atoms with Gasteiger partial charge in [-0.2, -0.15) is 0 Å². The Kier molecular flexibility index (Phi) is 5.29. The van der Waals surface area contributed by atoms with Gasteiger partial charge in [0.25, 0.3) is 5.56 Å². The number of imidazole rings is 1. The van der Waals surface area contributed by atoms with E-state index in [0.29, 0.717) is 27.7 Å². The van der Waals surface area contributed by atoms with Crippen molar-refractivity contribution in [2.24, 2.45) is 0 Å². The molecule has 0 atom stereocenters. The van der Waals surface area contributed by atoms with E-state index in [0.717, 1.165) is 17.1 Å². The standard InChI is InChI=1S/C22H19ClN4O3/c1-13-11-16(28)12-20(30)27(13)10-9-19(29)24-15-7-5-14(6-8-15)22-25-18-4-2-3-17(23)21(18)26-22/h2-8,11-12,28H,9-10H2,1H3,(H,24,29)(H,25,26). The van der Waals surface area contributed by atoms with Crippen molar-refractivity contribution in [3.8, 4) is 17.1 Å². The number of benzene rings is 2. The van der Waals surface area contributed by atoms with Crippen LogP contribution in [-0.4, -0.2) is 25.5 Å². The molecule has 0 aliphatic carbocycles. The number of carbonyl (C=O) groups excluding carboxylic acids is 1. The molecule has 3 N–H and O–H groups in total. The first kappa shape index (κ1) is 19.7. The van der Waals surface area contributed by atoms with Gasteiger partial charge in [-0.15, -0.1) is 0 Å². The Bertz CT molecular complexity index is 1290. The molecule has 0 unspecified atom stereocenters. The monoisotopic (exact) mass is 422 g/mol. The molecule has 30 heavy (non-hydrogen) atoms. The van der Waals surface area contributed by atoms with Crippen molar-refractivity contribution < 1.29 is 9.90 Å².